The van der Waals surface area contributed by atoms with E-state index in [2.05, 4.69) is 10.4 Å². The molecule has 1 amide bonds. The van der Waals surface area contributed by atoms with Crippen molar-refractivity contribution in [3.05, 3.63) is 84.2 Å². The second kappa shape index (κ2) is 7.44. The normalized spacial score (nSPS) is 11.7. The molecule has 0 bridgehead atoms. The number of amides is 1. The van der Waals surface area contributed by atoms with E-state index in [9.17, 15) is 14.7 Å². The van der Waals surface area contributed by atoms with Gasteiger partial charge in [0.2, 0.25) is 0 Å². The first-order valence-corrected chi connectivity index (χ1v) is 7.82. The average molecular weight is 335 g/mol. The number of carbonyl (C=O) groups excluding carboxylic acids is 1. The topological polar surface area (TPSA) is 84.2 Å². The SMILES string of the molecule is O=C(N[C@@H](Cc1ccccc1)C(=O)O)c1ccn(-c2ccccc2)n1. The lowest BCUT2D eigenvalue weighted by Crippen LogP contribution is -2.42. The van der Waals surface area contributed by atoms with Gasteiger partial charge in [-0.25, -0.2) is 9.48 Å². The Morgan fingerprint density at radius 3 is 2.28 bits per heavy atom. The van der Waals surface area contributed by atoms with E-state index in [0.717, 1.165) is 11.3 Å². The second-order valence-electron chi connectivity index (χ2n) is 5.54. The summed E-state index contributed by atoms with van der Waals surface area (Å²) in [6.07, 6.45) is 1.87. The molecule has 2 N–H and O–H groups in total. The first kappa shape index (κ1) is 16.4. The van der Waals surface area contributed by atoms with Crippen LogP contribution in [0.2, 0.25) is 0 Å². The molecule has 0 fully saturated rings. The van der Waals surface area contributed by atoms with Crippen molar-refractivity contribution < 1.29 is 14.7 Å². The summed E-state index contributed by atoms with van der Waals surface area (Å²) in [6.45, 7) is 0. The smallest absolute Gasteiger partial charge is 0.326 e. The molecule has 1 atom stereocenters. The van der Waals surface area contributed by atoms with Crippen LogP contribution in [0.15, 0.2) is 72.9 Å². The number of carboxylic acid groups (broad SMARTS) is 1. The first-order chi connectivity index (χ1) is 12.1. The molecule has 126 valence electrons. The molecule has 0 aliphatic rings. The molecule has 1 aromatic heterocycles. The van der Waals surface area contributed by atoms with E-state index in [1.165, 1.54) is 0 Å². The zero-order valence-corrected chi connectivity index (χ0v) is 13.4. The Balaban J connectivity index is 1.72. The van der Waals surface area contributed by atoms with Crippen molar-refractivity contribution in [2.45, 2.75) is 12.5 Å². The van der Waals surface area contributed by atoms with Crippen LogP contribution in [0.4, 0.5) is 0 Å². The van der Waals surface area contributed by atoms with Crippen LogP contribution in [0.3, 0.4) is 0 Å². The van der Waals surface area contributed by atoms with Gasteiger partial charge in [-0.05, 0) is 23.8 Å². The largest absolute Gasteiger partial charge is 0.480 e. The van der Waals surface area contributed by atoms with Crippen LogP contribution in [0.25, 0.3) is 5.69 Å². The molecule has 0 unspecified atom stereocenters. The molecule has 1 heterocycles. The molecule has 25 heavy (non-hydrogen) atoms. The van der Waals surface area contributed by atoms with Gasteiger partial charge in [-0.2, -0.15) is 5.10 Å². The standard InChI is InChI=1S/C19H17N3O3/c23-18(16-11-12-22(21-16)15-9-5-2-6-10-15)20-17(19(24)25)13-14-7-3-1-4-8-14/h1-12,17H,13H2,(H,20,23)(H,24,25)/t17-/m0/s1. The third-order valence-electron chi connectivity index (χ3n) is 3.73. The Morgan fingerprint density at radius 1 is 1.00 bits per heavy atom. The number of aliphatic carboxylic acids is 1. The van der Waals surface area contributed by atoms with Crippen LogP contribution >= 0.6 is 0 Å². The molecule has 2 aromatic carbocycles. The highest BCUT2D eigenvalue weighted by atomic mass is 16.4. The van der Waals surface area contributed by atoms with Crippen molar-refractivity contribution in [1.82, 2.24) is 15.1 Å². The lowest BCUT2D eigenvalue weighted by Gasteiger charge is -2.13. The minimum atomic E-state index is -1.08. The monoisotopic (exact) mass is 335 g/mol. The van der Waals surface area contributed by atoms with Crippen molar-refractivity contribution in [2.24, 2.45) is 0 Å². The maximum Gasteiger partial charge on any atom is 0.326 e. The third kappa shape index (κ3) is 4.11. The molecule has 0 saturated carbocycles. The number of hydrogen-bond acceptors (Lipinski definition) is 3. The number of nitrogens with zero attached hydrogens (tertiary/aromatic N) is 2. The number of carbonyl (C=O) groups is 2. The Bertz CT molecular complexity index is 860. The van der Waals surface area contributed by atoms with Crippen LogP contribution in [0, 0.1) is 0 Å². The van der Waals surface area contributed by atoms with Crippen LogP contribution in [-0.2, 0) is 11.2 Å². The molecule has 0 aliphatic carbocycles. The summed E-state index contributed by atoms with van der Waals surface area (Å²) in [7, 11) is 0. The average Bonchev–Trinajstić information content (AvgIpc) is 3.13. The predicted octanol–water partition coefficient (Wildman–Crippen LogP) is 2.30. The Morgan fingerprint density at radius 2 is 1.64 bits per heavy atom. The van der Waals surface area contributed by atoms with Crippen molar-refractivity contribution in [2.75, 3.05) is 0 Å². The lowest BCUT2D eigenvalue weighted by atomic mass is 10.1. The van der Waals surface area contributed by atoms with E-state index in [-0.39, 0.29) is 12.1 Å². The van der Waals surface area contributed by atoms with Gasteiger partial charge in [0, 0.05) is 12.6 Å². The fourth-order valence-corrected chi connectivity index (χ4v) is 2.45. The highest BCUT2D eigenvalue weighted by Crippen LogP contribution is 2.08. The summed E-state index contributed by atoms with van der Waals surface area (Å²) >= 11 is 0. The summed E-state index contributed by atoms with van der Waals surface area (Å²) in [6, 6.07) is 19.1. The molecule has 3 aromatic rings. The molecule has 6 nitrogen and oxygen atoms in total. The fraction of sp³-hybridized carbons (Fsp3) is 0.105. The van der Waals surface area contributed by atoms with Crippen LogP contribution < -0.4 is 5.32 Å². The van der Waals surface area contributed by atoms with Gasteiger partial charge in [-0.3, -0.25) is 4.79 Å². The molecule has 0 spiro atoms. The number of benzene rings is 2. The van der Waals surface area contributed by atoms with Gasteiger partial charge in [-0.15, -0.1) is 0 Å². The minimum Gasteiger partial charge on any atom is -0.480 e. The van der Waals surface area contributed by atoms with Gasteiger partial charge >= 0.3 is 5.97 Å². The Hall–Kier alpha value is -3.41. The zero-order valence-electron chi connectivity index (χ0n) is 13.4. The van der Waals surface area contributed by atoms with Gasteiger partial charge < -0.3 is 10.4 Å². The highest BCUT2D eigenvalue weighted by molar-refractivity contribution is 5.95. The van der Waals surface area contributed by atoms with Crippen LogP contribution in [0.1, 0.15) is 16.1 Å². The predicted molar refractivity (Wildman–Crippen MR) is 92.6 cm³/mol. The van der Waals surface area contributed by atoms with E-state index in [0.29, 0.717) is 0 Å². The van der Waals surface area contributed by atoms with Gasteiger partial charge in [-0.1, -0.05) is 48.5 Å². The van der Waals surface area contributed by atoms with Crippen molar-refractivity contribution in [3.63, 3.8) is 0 Å². The minimum absolute atomic E-state index is 0.170. The molecular formula is C19H17N3O3. The number of aromatic nitrogens is 2. The number of hydrogen-bond donors (Lipinski definition) is 2. The van der Waals surface area contributed by atoms with Crippen LogP contribution in [-0.4, -0.2) is 32.8 Å². The molecule has 0 aliphatic heterocycles. The van der Waals surface area contributed by atoms with Gasteiger partial charge in [0.15, 0.2) is 5.69 Å². The summed E-state index contributed by atoms with van der Waals surface area (Å²) in [5.41, 5.74) is 1.83. The van der Waals surface area contributed by atoms with E-state index >= 15 is 0 Å². The fourth-order valence-electron chi connectivity index (χ4n) is 2.45. The van der Waals surface area contributed by atoms with Gasteiger partial charge in [0.25, 0.3) is 5.91 Å². The van der Waals surface area contributed by atoms with Crippen LogP contribution in [0.5, 0.6) is 0 Å². The van der Waals surface area contributed by atoms with E-state index in [1.807, 2.05) is 60.7 Å². The zero-order chi connectivity index (χ0) is 17.6. The highest BCUT2D eigenvalue weighted by Gasteiger charge is 2.22. The van der Waals surface area contributed by atoms with E-state index in [4.69, 9.17) is 0 Å². The van der Waals surface area contributed by atoms with Gasteiger partial charge in [0.1, 0.15) is 6.04 Å². The lowest BCUT2D eigenvalue weighted by molar-refractivity contribution is -0.139. The third-order valence-corrected chi connectivity index (χ3v) is 3.73. The summed E-state index contributed by atoms with van der Waals surface area (Å²) in [4.78, 5) is 23.8. The quantitative estimate of drug-likeness (QED) is 0.724. The van der Waals surface area contributed by atoms with Gasteiger partial charge in [0.05, 0.1) is 5.69 Å². The first-order valence-electron chi connectivity index (χ1n) is 7.82. The van der Waals surface area contributed by atoms with E-state index in [1.54, 1.807) is 16.9 Å². The number of carboxylic acids is 1. The van der Waals surface area contributed by atoms with Crippen molar-refractivity contribution in [3.8, 4) is 5.69 Å². The maximum absolute atomic E-state index is 12.3. The second-order valence-corrected chi connectivity index (χ2v) is 5.54. The molecule has 3 rings (SSSR count). The van der Waals surface area contributed by atoms with E-state index < -0.39 is 17.9 Å². The Kier molecular flexibility index (Phi) is 4.89. The number of rotatable bonds is 6. The molecular weight excluding hydrogens is 318 g/mol. The van der Waals surface area contributed by atoms with Crippen molar-refractivity contribution >= 4 is 11.9 Å². The number of nitrogens with one attached hydrogen (secondary N) is 1. The van der Waals surface area contributed by atoms with Crippen molar-refractivity contribution in [1.29, 1.82) is 0 Å². The molecule has 6 heteroatoms. The molecule has 0 saturated heterocycles. The molecule has 0 radical (unpaired) electrons. The Labute approximate surface area is 144 Å². The summed E-state index contributed by atoms with van der Waals surface area (Å²) in [5, 5.41) is 16.1. The number of para-hydroxylation sites is 1. The maximum atomic E-state index is 12.3. The summed E-state index contributed by atoms with van der Waals surface area (Å²) in [5.74, 6) is -1.60. The summed E-state index contributed by atoms with van der Waals surface area (Å²) < 4.78 is 1.57.